The van der Waals surface area contributed by atoms with E-state index in [1.807, 2.05) is 19.0 Å². The van der Waals surface area contributed by atoms with Crippen LogP contribution in [0.3, 0.4) is 0 Å². The van der Waals surface area contributed by atoms with Crippen LogP contribution in [0.15, 0.2) is 24.3 Å². The van der Waals surface area contributed by atoms with E-state index >= 15 is 0 Å². The van der Waals surface area contributed by atoms with Gasteiger partial charge in [-0.1, -0.05) is 24.3 Å². The first-order valence-electron chi connectivity index (χ1n) is 5.29. The smallest absolute Gasteiger partial charge is 0.164 e. The van der Waals surface area contributed by atoms with Crippen molar-refractivity contribution < 1.29 is 9.59 Å². The predicted molar refractivity (Wildman–Crippen MR) is 71.2 cm³/mol. The second kappa shape index (κ2) is 7.20. The molecule has 0 bridgehead atoms. The molecule has 0 heterocycles. The van der Waals surface area contributed by atoms with E-state index in [9.17, 15) is 9.59 Å². The van der Waals surface area contributed by atoms with Crippen LogP contribution in [0.1, 0.15) is 34.1 Å². The number of hydrogen-bond donors (Lipinski definition) is 0. The average Bonchev–Trinajstić information content (AvgIpc) is 2.26. The van der Waals surface area contributed by atoms with Crippen molar-refractivity contribution in [3.05, 3.63) is 35.4 Å². The van der Waals surface area contributed by atoms with Gasteiger partial charge in [0.2, 0.25) is 0 Å². The molecule has 1 rings (SSSR count). The molecule has 0 atom stereocenters. The van der Waals surface area contributed by atoms with Gasteiger partial charge in [0.25, 0.3) is 0 Å². The molecule has 0 aliphatic heterocycles. The summed E-state index contributed by atoms with van der Waals surface area (Å²) in [5, 5.41) is 0. The van der Waals surface area contributed by atoms with Gasteiger partial charge in [-0.25, -0.2) is 0 Å². The summed E-state index contributed by atoms with van der Waals surface area (Å²) in [6.45, 7) is 2.26. The molecule has 0 radical (unpaired) electrons. The maximum atomic E-state index is 11.7. The molecule has 0 aliphatic carbocycles. The van der Waals surface area contributed by atoms with Crippen LogP contribution >= 0.6 is 12.4 Å². The van der Waals surface area contributed by atoms with E-state index < -0.39 is 0 Å². The number of nitrogens with zero attached hydrogens (tertiary/aromatic N) is 1. The second-order valence-electron chi connectivity index (χ2n) is 4.11. The zero-order chi connectivity index (χ0) is 12.1. The SMILES string of the molecule is CC(=O)c1ccc(C(=O)CCN(C)C)cc1.Cl. The second-order valence-corrected chi connectivity index (χ2v) is 4.11. The molecule has 1 aromatic rings. The number of ketones is 2. The Morgan fingerprint density at radius 3 is 1.94 bits per heavy atom. The van der Waals surface area contributed by atoms with Gasteiger partial charge >= 0.3 is 0 Å². The molecule has 94 valence electrons. The molecule has 0 unspecified atom stereocenters. The zero-order valence-corrected chi connectivity index (χ0v) is 11.2. The summed E-state index contributed by atoms with van der Waals surface area (Å²) in [5.74, 6) is 0.135. The van der Waals surface area contributed by atoms with E-state index in [4.69, 9.17) is 0 Å². The van der Waals surface area contributed by atoms with Crippen molar-refractivity contribution in [1.82, 2.24) is 4.90 Å². The molecule has 0 aromatic heterocycles. The summed E-state index contributed by atoms with van der Waals surface area (Å²) in [6.07, 6.45) is 0.506. The molecular weight excluding hydrogens is 238 g/mol. The Balaban J connectivity index is 0.00000256. The van der Waals surface area contributed by atoms with E-state index in [0.717, 1.165) is 6.54 Å². The van der Waals surface area contributed by atoms with E-state index in [1.165, 1.54) is 6.92 Å². The molecule has 0 saturated heterocycles. The van der Waals surface area contributed by atoms with Gasteiger partial charge in [0.05, 0.1) is 0 Å². The number of carbonyl (C=O) groups is 2. The van der Waals surface area contributed by atoms with Gasteiger partial charge in [0.1, 0.15) is 0 Å². The summed E-state index contributed by atoms with van der Waals surface area (Å²) in [4.78, 5) is 24.7. The molecule has 0 fully saturated rings. The molecule has 3 nitrogen and oxygen atoms in total. The molecule has 0 N–H and O–H groups in total. The van der Waals surface area contributed by atoms with Gasteiger partial charge < -0.3 is 4.90 Å². The summed E-state index contributed by atoms with van der Waals surface area (Å²) < 4.78 is 0. The Kier molecular flexibility index (Phi) is 6.69. The Bertz CT molecular complexity index is 385. The maximum absolute atomic E-state index is 11.7. The van der Waals surface area contributed by atoms with Crippen LogP contribution in [-0.2, 0) is 0 Å². The first-order chi connectivity index (χ1) is 7.50. The molecule has 0 amide bonds. The van der Waals surface area contributed by atoms with Crippen molar-refractivity contribution in [1.29, 1.82) is 0 Å². The number of carbonyl (C=O) groups excluding carboxylic acids is 2. The average molecular weight is 256 g/mol. The van der Waals surface area contributed by atoms with E-state index in [-0.39, 0.29) is 24.0 Å². The minimum Gasteiger partial charge on any atom is -0.309 e. The van der Waals surface area contributed by atoms with Crippen molar-refractivity contribution in [2.24, 2.45) is 0 Å². The highest BCUT2D eigenvalue weighted by Crippen LogP contribution is 2.07. The van der Waals surface area contributed by atoms with Crippen molar-refractivity contribution in [2.45, 2.75) is 13.3 Å². The van der Waals surface area contributed by atoms with Crippen molar-refractivity contribution >= 4 is 24.0 Å². The third-order valence-electron chi connectivity index (χ3n) is 2.40. The molecular formula is C13H18ClNO2. The van der Waals surface area contributed by atoms with Crippen molar-refractivity contribution in [2.75, 3.05) is 20.6 Å². The topological polar surface area (TPSA) is 37.4 Å². The lowest BCUT2D eigenvalue weighted by atomic mass is 10.0. The summed E-state index contributed by atoms with van der Waals surface area (Å²) in [7, 11) is 3.87. The van der Waals surface area contributed by atoms with E-state index in [0.29, 0.717) is 17.5 Å². The quantitative estimate of drug-likeness (QED) is 0.759. The molecule has 4 heteroatoms. The number of hydrogen-bond acceptors (Lipinski definition) is 3. The van der Waals surface area contributed by atoms with Gasteiger partial charge in [0, 0.05) is 24.1 Å². The van der Waals surface area contributed by atoms with Gasteiger partial charge in [-0.2, -0.15) is 0 Å². The van der Waals surface area contributed by atoms with Gasteiger partial charge in [0.15, 0.2) is 11.6 Å². The minimum absolute atomic E-state index is 0. The number of rotatable bonds is 5. The van der Waals surface area contributed by atoms with Crippen LogP contribution in [0.5, 0.6) is 0 Å². The van der Waals surface area contributed by atoms with E-state index in [1.54, 1.807) is 24.3 Å². The predicted octanol–water partition coefficient (Wildman–Crippen LogP) is 2.45. The lowest BCUT2D eigenvalue weighted by molar-refractivity contribution is 0.0969. The Morgan fingerprint density at radius 2 is 1.53 bits per heavy atom. The molecule has 0 aliphatic rings. The van der Waals surface area contributed by atoms with Crippen LogP contribution in [0.2, 0.25) is 0 Å². The number of halogens is 1. The normalized spacial score (nSPS) is 9.88. The van der Waals surface area contributed by atoms with Crippen LogP contribution in [0.4, 0.5) is 0 Å². The fourth-order valence-corrected chi connectivity index (χ4v) is 1.36. The molecule has 1 aromatic carbocycles. The third kappa shape index (κ3) is 5.11. The van der Waals surface area contributed by atoms with Crippen molar-refractivity contribution in [3.63, 3.8) is 0 Å². The fourth-order valence-electron chi connectivity index (χ4n) is 1.36. The van der Waals surface area contributed by atoms with Crippen LogP contribution in [-0.4, -0.2) is 37.1 Å². The summed E-state index contributed by atoms with van der Waals surface area (Å²) >= 11 is 0. The highest BCUT2D eigenvalue weighted by atomic mass is 35.5. The lowest BCUT2D eigenvalue weighted by Crippen LogP contribution is -2.16. The summed E-state index contributed by atoms with van der Waals surface area (Å²) in [6, 6.07) is 6.83. The Labute approximate surface area is 108 Å². The van der Waals surface area contributed by atoms with E-state index in [2.05, 4.69) is 0 Å². The van der Waals surface area contributed by atoms with Crippen LogP contribution in [0.25, 0.3) is 0 Å². The largest absolute Gasteiger partial charge is 0.309 e. The Hall–Kier alpha value is -1.19. The van der Waals surface area contributed by atoms with Gasteiger partial charge in [-0.05, 0) is 21.0 Å². The first-order valence-corrected chi connectivity index (χ1v) is 5.29. The monoisotopic (exact) mass is 255 g/mol. The standard InChI is InChI=1S/C13H17NO2.ClH/c1-10(15)11-4-6-12(7-5-11)13(16)8-9-14(2)3;/h4-7H,8-9H2,1-3H3;1H. The molecule has 17 heavy (non-hydrogen) atoms. The maximum Gasteiger partial charge on any atom is 0.164 e. The lowest BCUT2D eigenvalue weighted by Gasteiger charge is -2.08. The van der Waals surface area contributed by atoms with Crippen molar-refractivity contribution in [3.8, 4) is 0 Å². The fraction of sp³-hybridized carbons (Fsp3) is 0.385. The zero-order valence-electron chi connectivity index (χ0n) is 10.4. The highest BCUT2D eigenvalue weighted by molar-refractivity contribution is 5.98. The van der Waals surface area contributed by atoms with Crippen LogP contribution < -0.4 is 0 Å². The summed E-state index contributed by atoms with van der Waals surface area (Å²) in [5.41, 5.74) is 1.32. The van der Waals surface area contributed by atoms with Gasteiger partial charge in [-0.3, -0.25) is 9.59 Å². The first kappa shape index (κ1) is 15.8. The minimum atomic E-state index is 0. The van der Waals surface area contributed by atoms with Crippen LogP contribution in [0, 0.1) is 0 Å². The molecule has 0 spiro atoms. The third-order valence-corrected chi connectivity index (χ3v) is 2.40. The highest BCUT2D eigenvalue weighted by Gasteiger charge is 2.07. The number of Topliss-reactive ketones (excluding diaryl/α,β-unsaturated/α-hetero) is 2. The number of benzene rings is 1. The molecule has 0 saturated carbocycles. The Morgan fingerprint density at radius 1 is 1.06 bits per heavy atom. The van der Waals surface area contributed by atoms with Gasteiger partial charge in [-0.15, -0.1) is 12.4 Å².